The van der Waals surface area contributed by atoms with Crippen LogP contribution in [0.5, 0.6) is 11.5 Å². The standard InChI is InChI=1S/C28H19FN2O4/c1-34-25-14-9-18(15-20(17-30)27(32)31-22-12-10-21(29)11-13-22)16-26(25)35-28(33)24-8-4-6-19-5-2-3-7-23(19)24/h2-16H,1H3,(H,31,32)/b20-15+. The van der Waals surface area contributed by atoms with Crippen LogP contribution in [-0.2, 0) is 4.79 Å². The number of ether oxygens (including phenoxy) is 2. The van der Waals surface area contributed by atoms with Gasteiger partial charge in [-0.3, -0.25) is 4.79 Å². The van der Waals surface area contributed by atoms with Gasteiger partial charge >= 0.3 is 5.97 Å². The molecule has 0 fully saturated rings. The predicted octanol–water partition coefficient (Wildman–Crippen LogP) is 5.75. The van der Waals surface area contributed by atoms with Gasteiger partial charge in [0.15, 0.2) is 11.5 Å². The first kappa shape index (κ1) is 23.2. The number of nitrogens with one attached hydrogen (secondary N) is 1. The zero-order valence-electron chi connectivity index (χ0n) is 18.6. The van der Waals surface area contributed by atoms with Crippen molar-refractivity contribution in [3.63, 3.8) is 0 Å². The molecule has 1 N–H and O–H groups in total. The summed E-state index contributed by atoms with van der Waals surface area (Å²) in [7, 11) is 1.44. The molecule has 0 aromatic heterocycles. The Morgan fingerprint density at radius 1 is 0.943 bits per heavy atom. The van der Waals surface area contributed by atoms with Crippen molar-refractivity contribution >= 4 is 34.4 Å². The molecule has 0 aliphatic heterocycles. The molecule has 0 bridgehead atoms. The van der Waals surface area contributed by atoms with Gasteiger partial charge in [-0.15, -0.1) is 0 Å². The number of hydrogen-bond donors (Lipinski definition) is 1. The fourth-order valence-electron chi connectivity index (χ4n) is 3.47. The average Bonchev–Trinajstić information content (AvgIpc) is 2.88. The van der Waals surface area contributed by atoms with Crippen molar-refractivity contribution < 1.29 is 23.5 Å². The van der Waals surface area contributed by atoms with E-state index in [0.717, 1.165) is 10.8 Å². The Labute approximate surface area is 200 Å². The van der Waals surface area contributed by atoms with Crippen molar-refractivity contribution in [1.29, 1.82) is 5.26 Å². The molecule has 0 aliphatic carbocycles. The van der Waals surface area contributed by atoms with Gasteiger partial charge in [0, 0.05) is 5.69 Å². The molecule has 0 spiro atoms. The minimum absolute atomic E-state index is 0.135. The van der Waals surface area contributed by atoms with Gasteiger partial charge in [-0.2, -0.15) is 5.26 Å². The number of halogens is 1. The molecule has 0 unspecified atom stereocenters. The SMILES string of the molecule is COc1ccc(/C=C(\C#N)C(=O)Nc2ccc(F)cc2)cc1OC(=O)c1cccc2ccccc12. The summed E-state index contributed by atoms with van der Waals surface area (Å²) in [6.45, 7) is 0. The van der Waals surface area contributed by atoms with Crippen molar-refractivity contribution in [2.24, 2.45) is 0 Å². The highest BCUT2D eigenvalue weighted by Gasteiger charge is 2.16. The van der Waals surface area contributed by atoms with E-state index in [-0.39, 0.29) is 11.3 Å². The van der Waals surface area contributed by atoms with Crippen LogP contribution < -0.4 is 14.8 Å². The lowest BCUT2D eigenvalue weighted by Crippen LogP contribution is -2.13. The monoisotopic (exact) mass is 466 g/mol. The van der Waals surface area contributed by atoms with Crippen molar-refractivity contribution in [3.8, 4) is 17.6 Å². The van der Waals surface area contributed by atoms with E-state index in [1.807, 2.05) is 36.4 Å². The van der Waals surface area contributed by atoms with Crippen molar-refractivity contribution in [2.45, 2.75) is 0 Å². The third-order valence-electron chi connectivity index (χ3n) is 5.18. The Bertz CT molecular complexity index is 1480. The molecule has 35 heavy (non-hydrogen) atoms. The molecule has 6 nitrogen and oxygen atoms in total. The van der Waals surface area contributed by atoms with Crippen LogP contribution in [0.15, 0.2) is 90.5 Å². The maximum absolute atomic E-state index is 13.1. The van der Waals surface area contributed by atoms with Gasteiger partial charge in [0.25, 0.3) is 5.91 Å². The third-order valence-corrected chi connectivity index (χ3v) is 5.18. The number of anilines is 1. The Morgan fingerprint density at radius 3 is 2.43 bits per heavy atom. The first-order chi connectivity index (χ1) is 17.0. The van der Waals surface area contributed by atoms with Crippen LogP contribution in [0, 0.1) is 17.1 Å². The third kappa shape index (κ3) is 5.34. The Morgan fingerprint density at radius 2 is 1.69 bits per heavy atom. The van der Waals surface area contributed by atoms with Gasteiger partial charge < -0.3 is 14.8 Å². The van der Waals surface area contributed by atoms with Crippen LogP contribution in [0.4, 0.5) is 10.1 Å². The summed E-state index contributed by atoms with van der Waals surface area (Å²) in [6.07, 6.45) is 1.35. The molecule has 0 atom stereocenters. The second-order valence-corrected chi connectivity index (χ2v) is 7.46. The van der Waals surface area contributed by atoms with E-state index < -0.39 is 17.7 Å². The quantitative estimate of drug-likeness (QED) is 0.169. The molecular formula is C28H19FN2O4. The van der Waals surface area contributed by atoms with E-state index in [2.05, 4.69) is 5.32 Å². The molecule has 7 heteroatoms. The number of esters is 1. The molecule has 1 amide bonds. The van der Waals surface area contributed by atoms with E-state index in [9.17, 15) is 19.2 Å². The number of carbonyl (C=O) groups is 2. The van der Waals surface area contributed by atoms with Crippen LogP contribution in [0.25, 0.3) is 16.8 Å². The molecule has 4 aromatic rings. The zero-order chi connectivity index (χ0) is 24.8. The minimum Gasteiger partial charge on any atom is -0.493 e. The number of nitriles is 1. The average molecular weight is 466 g/mol. The normalized spacial score (nSPS) is 10.9. The van der Waals surface area contributed by atoms with Gasteiger partial charge in [-0.05, 0) is 64.9 Å². The summed E-state index contributed by atoms with van der Waals surface area (Å²) in [5.74, 6) is -1.23. The largest absolute Gasteiger partial charge is 0.493 e. The summed E-state index contributed by atoms with van der Waals surface area (Å²) < 4.78 is 24.0. The highest BCUT2D eigenvalue weighted by atomic mass is 19.1. The first-order valence-electron chi connectivity index (χ1n) is 10.5. The minimum atomic E-state index is -0.663. The number of carbonyl (C=O) groups excluding carboxylic acids is 2. The van der Waals surface area contributed by atoms with Crippen LogP contribution in [0.1, 0.15) is 15.9 Å². The molecule has 0 radical (unpaired) electrons. The van der Waals surface area contributed by atoms with Gasteiger partial charge in [0.2, 0.25) is 0 Å². The van der Waals surface area contributed by atoms with Crippen LogP contribution in [-0.4, -0.2) is 19.0 Å². The van der Waals surface area contributed by atoms with E-state index in [4.69, 9.17) is 9.47 Å². The van der Waals surface area contributed by atoms with Crippen LogP contribution in [0.3, 0.4) is 0 Å². The van der Waals surface area contributed by atoms with E-state index in [1.54, 1.807) is 24.3 Å². The van der Waals surface area contributed by atoms with E-state index in [1.165, 1.54) is 43.5 Å². The lowest BCUT2D eigenvalue weighted by Gasteiger charge is -2.11. The molecule has 4 aromatic carbocycles. The zero-order valence-corrected chi connectivity index (χ0v) is 18.6. The number of methoxy groups -OCH3 is 1. The van der Waals surface area contributed by atoms with Crippen molar-refractivity contribution in [1.82, 2.24) is 0 Å². The summed E-state index contributed by atoms with van der Waals surface area (Å²) in [4.78, 5) is 25.5. The van der Waals surface area contributed by atoms with Gasteiger partial charge in [0.1, 0.15) is 17.5 Å². The van der Waals surface area contributed by atoms with E-state index >= 15 is 0 Å². The molecule has 172 valence electrons. The maximum atomic E-state index is 13.1. The van der Waals surface area contributed by atoms with Gasteiger partial charge in [-0.1, -0.05) is 42.5 Å². The molecule has 4 rings (SSSR count). The lowest BCUT2D eigenvalue weighted by molar-refractivity contribution is -0.112. The fraction of sp³-hybridized carbons (Fsp3) is 0.0357. The Balaban J connectivity index is 1.60. The number of amides is 1. The van der Waals surface area contributed by atoms with Crippen LogP contribution >= 0.6 is 0 Å². The summed E-state index contributed by atoms with van der Waals surface area (Å²) in [6, 6.07) is 24.5. The number of rotatable bonds is 6. The predicted molar refractivity (Wildman–Crippen MR) is 131 cm³/mol. The van der Waals surface area contributed by atoms with Gasteiger partial charge in [-0.25, -0.2) is 9.18 Å². The molecular weight excluding hydrogens is 447 g/mol. The highest BCUT2D eigenvalue weighted by molar-refractivity contribution is 6.09. The number of benzene rings is 4. The Kier molecular flexibility index (Phi) is 6.84. The maximum Gasteiger partial charge on any atom is 0.344 e. The lowest BCUT2D eigenvalue weighted by atomic mass is 10.0. The number of nitrogens with zero attached hydrogens (tertiary/aromatic N) is 1. The number of fused-ring (bicyclic) bond motifs is 1. The van der Waals surface area contributed by atoms with E-state index in [0.29, 0.717) is 22.6 Å². The van der Waals surface area contributed by atoms with Crippen LogP contribution in [0.2, 0.25) is 0 Å². The summed E-state index contributed by atoms with van der Waals surface area (Å²) in [5.41, 5.74) is 0.989. The molecule has 0 saturated heterocycles. The topological polar surface area (TPSA) is 88.4 Å². The number of hydrogen-bond acceptors (Lipinski definition) is 5. The second kappa shape index (κ2) is 10.3. The fourth-order valence-corrected chi connectivity index (χ4v) is 3.47. The van der Waals surface area contributed by atoms with Crippen molar-refractivity contribution in [2.75, 3.05) is 12.4 Å². The van der Waals surface area contributed by atoms with Crippen molar-refractivity contribution in [3.05, 3.63) is 107 Å². The second-order valence-electron chi connectivity index (χ2n) is 7.46. The smallest absolute Gasteiger partial charge is 0.344 e. The molecule has 0 saturated carbocycles. The first-order valence-corrected chi connectivity index (χ1v) is 10.5. The highest BCUT2D eigenvalue weighted by Crippen LogP contribution is 2.31. The molecule has 0 heterocycles. The summed E-state index contributed by atoms with van der Waals surface area (Å²) >= 11 is 0. The summed E-state index contributed by atoms with van der Waals surface area (Å²) in [5, 5.41) is 13.7. The van der Waals surface area contributed by atoms with Gasteiger partial charge in [0.05, 0.1) is 12.7 Å². The Hall–Kier alpha value is -4.96. The molecule has 0 aliphatic rings.